The molecule has 1 N–H and O–H groups in total. The average Bonchev–Trinajstić information content (AvgIpc) is 3.22. The molecule has 1 unspecified atom stereocenters. The maximum Gasteiger partial charge on any atom is 0.331 e. The van der Waals surface area contributed by atoms with Gasteiger partial charge in [-0.1, -0.05) is 30.7 Å². The van der Waals surface area contributed by atoms with Gasteiger partial charge in [0.15, 0.2) is 0 Å². The van der Waals surface area contributed by atoms with Gasteiger partial charge in [0.05, 0.1) is 6.61 Å². The predicted octanol–water partition coefficient (Wildman–Crippen LogP) is 3.12. The first-order valence-electron chi connectivity index (χ1n) is 6.83. The normalized spacial score (nSPS) is 17.8. The Morgan fingerprint density at radius 2 is 2.00 bits per heavy atom. The van der Waals surface area contributed by atoms with E-state index in [0.29, 0.717) is 17.5 Å². The van der Waals surface area contributed by atoms with Crippen molar-refractivity contribution in [2.24, 2.45) is 5.92 Å². The number of nitrogens with one attached hydrogen (secondary N) is 1. The van der Waals surface area contributed by atoms with Crippen LogP contribution >= 0.6 is 11.6 Å². The minimum absolute atomic E-state index is 0.179. The van der Waals surface area contributed by atoms with Crippen LogP contribution in [0.4, 0.5) is 0 Å². The Labute approximate surface area is 119 Å². The van der Waals surface area contributed by atoms with E-state index in [1.54, 1.807) is 0 Å². The Hall–Kier alpha value is -1.06. The molecule has 104 valence electrons. The molecule has 19 heavy (non-hydrogen) atoms. The smallest absolute Gasteiger partial charge is 0.331 e. The number of halogens is 1. The summed E-state index contributed by atoms with van der Waals surface area (Å²) >= 11 is 5.94. The largest absolute Gasteiger partial charge is 0.464 e. The molecule has 0 heterocycles. The van der Waals surface area contributed by atoms with Crippen LogP contribution in [0.5, 0.6) is 0 Å². The van der Waals surface area contributed by atoms with E-state index in [-0.39, 0.29) is 5.97 Å². The average molecular weight is 282 g/mol. The molecule has 0 amide bonds. The van der Waals surface area contributed by atoms with Crippen LogP contribution in [0, 0.1) is 5.92 Å². The van der Waals surface area contributed by atoms with Crippen LogP contribution in [-0.4, -0.2) is 19.1 Å². The Bertz CT molecular complexity index is 442. The topological polar surface area (TPSA) is 38.3 Å². The summed E-state index contributed by atoms with van der Waals surface area (Å²) < 4.78 is 5.31. The monoisotopic (exact) mass is 281 g/mol. The third kappa shape index (κ3) is 2.77. The third-order valence-electron chi connectivity index (χ3n) is 3.54. The molecule has 0 spiro atoms. The first-order valence-corrected chi connectivity index (χ1v) is 7.21. The van der Waals surface area contributed by atoms with Crippen molar-refractivity contribution < 1.29 is 9.53 Å². The van der Waals surface area contributed by atoms with Crippen molar-refractivity contribution >= 4 is 17.6 Å². The second-order valence-corrected chi connectivity index (χ2v) is 5.28. The van der Waals surface area contributed by atoms with Crippen LogP contribution in [0.3, 0.4) is 0 Å². The maximum absolute atomic E-state index is 12.5. The summed E-state index contributed by atoms with van der Waals surface area (Å²) in [4.78, 5) is 12.5. The van der Waals surface area contributed by atoms with Crippen molar-refractivity contribution in [3.8, 4) is 0 Å². The lowest BCUT2D eigenvalue weighted by molar-refractivity contribution is -0.153. The van der Waals surface area contributed by atoms with E-state index >= 15 is 0 Å². The van der Waals surface area contributed by atoms with E-state index in [1.807, 2.05) is 38.1 Å². The van der Waals surface area contributed by atoms with E-state index < -0.39 is 5.54 Å². The Balaban J connectivity index is 2.41. The summed E-state index contributed by atoms with van der Waals surface area (Å²) in [6.45, 7) is 4.96. The molecule has 0 aromatic heterocycles. The molecule has 1 aromatic rings. The van der Waals surface area contributed by atoms with Crippen LogP contribution in [0.2, 0.25) is 5.02 Å². The molecule has 1 atom stereocenters. The van der Waals surface area contributed by atoms with Gasteiger partial charge in [-0.15, -0.1) is 0 Å². The highest BCUT2D eigenvalue weighted by molar-refractivity contribution is 6.30. The van der Waals surface area contributed by atoms with Crippen LogP contribution in [0.15, 0.2) is 24.3 Å². The lowest BCUT2D eigenvalue weighted by Crippen LogP contribution is -2.52. The Kier molecular flexibility index (Phi) is 4.48. The standard InChI is InChI=1S/C15H20ClNO2/c1-3-17-15(11-5-6-11,14(18)19-4-2)12-7-9-13(16)10-8-12/h7-11,17H,3-6H2,1-2H3. The zero-order valence-corrected chi connectivity index (χ0v) is 12.2. The van der Waals surface area contributed by atoms with Crippen molar-refractivity contribution in [1.82, 2.24) is 5.32 Å². The van der Waals surface area contributed by atoms with E-state index in [4.69, 9.17) is 16.3 Å². The van der Waals surface area contributed by atoms with Gasteiger partial charge < -0.3 is 4.74 Å². The van der Waals surface area contributed by atoms with E-state index in [1.165, 1.54) is 0 Å². The summed E-state index contributed by atoms with van der Waals surface area (Å²) in [5.74, 6) is 0.134. The predicted molar refractivity (Wildman–Crippen MR) is 76.2 cm³/mol. The molecular formula is C15H20ClNO2. The lowest BCUT2D eigenvalue weighted by atomic mass is 9.84. The summed E-state index contributed by atoms with van der Waals surface area (Å²) in [5, 5.41) is 4.04. The summed E-state index contributed by atoms with van der Waals surface area (Å²) in [6, 6.07) is 7.48. The van der Waals surface area contributed by atoms with Crippen molar-refractivity contribution in [3.05, 3.63) is 34.9 Å². The van der Waals surface area contributed by atoms with Gasteiger partial charge in [-0.25, -0.2) is 4.79 Å². The van der Waals surface area contributed by atoms with Gasteiger partial charge in [-0.05, 0) is 49.9 Å². The fourth-order valence-corrected chi connectivity index (χ4v) is 2.72. The van der Waals surface area contributed by atoms with Crippen LogP contribution < -0.4 is 5.32 Å². The van der Waals surface area contributed by atoms with Crippen LogP contribution in [0.1, 0.15) is 32.3 Å². The molecular weight excluding hydrogens is 262 g/mol. The fraction of sp³-hybridized carbons (Fsp3) is 0.533. The molecule has 1 aromatic carbocycles. The quantitative estimate of drug-likeness (QED) is 0.814. The maximum atomic E-state index is 12.5. The van der Waals surface area contributed by atoms with E-state index in [9.17, 15) is 4.79 Å². The summed E-state index contributed by atoms with van der Waals surface area (Å²) in [6.07, 6.45) is 2.10. The number of esters is 1. The number of carbonyl (C=O) groups is 1. The van der Waals surface area contributed by atoms with Crippen molar-refractivity contribution in [1.29, 1.82) is 0 Å². The van der Waals surface area contributed by atoms with Gasteiger partial charge in [0.2, 0.25) is 0 Å². The second kappa shape index (κ2) is 5.93. The highest BCUT2D eigenvalue weighted by atomic mass is 35.5. The van der Waals surface area contributed by atoms with Gasteiger partial charge in [-0.2, -0.15) is 0 Å². The van der Waals surface area contributed by atoms with Gasteiger partial charge >= 0.3 is 5.97 Å². The van der Waals surface area contributed by atoms with Gasteiger partial charge in [0, 0.05) is 5.02 Å². The summed E-state index contributed by atoms with van der Waals surface area (Å²) in [5.41, 5.74) is 0.231. The zero-order valence-electron chi connectivity index (χ0n) is 11.4. The van der Waals surface area contributed by atoms with Crippen molar-refractivity contribution in [3.63, 3.8) is 0 Å². The van der Waals surface area contributed by atoms with Gasteiger partial charge in [-0.3, -0.25) is 5.32 Å². The fourth-order valence-electron chi connectivity index (χ4n) is 2.59. The second-order valence-electron chi connectivity index (χ2n) is 4.84. The van der Waals surface area contributed by atoms with E-state index in [2.05, 4.69) is 5.32 Å². The minimum Gasteiger partial charge on any atom is -0.464 e. The molecule has 1 saturated carbocycles. The molecule has 1 aliphatic rings. The molecule has 0 bridgehead atoms. The number of hydrogen-bond acceptors (Lipinski definition) is 3. The number of rotatable bonds is 6. The van der Waals surface area contributed by atoms with Crippen LogP contribution in [0.25, 0.3) is 0 Å². The Morgan fingerprint density at radius 1 is 1.37 bits per heavy atom. The SMILES string of the molecule is CCNC(C(=O)OCC)(c1ccc(Cl)cc1)C1CC1. The first kappa shape index (κ1) is 14.4. The molecule has 0 radical (unpaired) electrons. The number of likely N-dealkylation sites (N-methyl/N-ethyl adjacent to an activating group) is 1. The van der Waals surface area contributed by atoms with E-state index in [0.717, 1.165) is 24.9 Å². The zero-order chi connectivity index (χ0) is 13.9. The number of benzene rings is 1. The molecule has 1 fully saturated rings. The third-order valence-corrected chi connectivity index (χ3v) is 3.79. The number of ether oxygens (including phenoxy) is 1. The molecule has 3 nitrogen and oxygen atoms in total. The summed E-state index contributed by atoms with van der Waals surface area (Å²) in [7, 11) is 0. The minimum atomic E-state index is -0.713. The van der Waals surface area contributed by atoms with Crippen molar-refractivity contribution in [2.45, 2.75) is 32.2 Å². The first-order chi connectivity index (χ1) is 9.15. The molecule has 1 aliphatic carbocycles. The molecule has 0 aliphatic heterocycles. The molecule has 4 heteroatoms. The van der Waals surface area contributed by atoms with Gasteiger partial charge in [0.1, 0.15) is 5.54 Å². The molecule has 0 saturated heterocycles. The van der Waals surface area contributed by atoms with Crippen molar-refractivity contribution in [2.75, 3.05) is 13.2 Å². The Morgan fingerprint density at radius 3 is 2.47 bits per heavy atom. The number of hydrogen-bond donors (Lipinski definition) is 1. The highest BCUT2D eigenvalue weighted by Gasteiger charge is 2.52. The highest BCUT2D eigenvalue weighted by Crippen LogP contribution is 2.46. The lowest BCUT2D eigenvalue weighted by Gasteiger charge is -2.33. The van der Waals surface area contributed by atoms with Crippen LogP contribution in [-0.2, 0) is 15.1 Å². The van der Waals surface area contributed by atoms with Gasteiger partial charge in [0.25, 0.3) is 0 Å². The molecule has 2 rings (SSSR count). The number of carbonyl (C=O) groups excluding carboxylic acids is 1.